The number of hydrogen-bond acceptors (Lipinski definition) is 4. The van der Waals surface area contributed by atoms with Crippen molar-refractivity contribution in [3.05, 3.63) is 40.4 Å². The van der Waals surface area contributed by atoms with Crippen molar-refractivity contribution in [2.75, 3.05) is 12.4 Å². The summed E-state index contributed by atoms with van der Waals surface area (Å²) in [6, 6.07) is 5.73. The van der Waals surface area contributed by atoms with E-state index in [0.29, 0.717) is 17.3 Å². The van der Waals surface area contributed by atoms with Gasteiger partial charge in [-0.3, -0.25) is 0 Å². The van der Waals surface area contributed by atoms with Gasteiger partial charge in [0, 0.05) is 18.1 Å². The molecule has 0 unspecified atom stereocenters. The van der Waals surface area contributed by atoms with Crippen LogP contribution < -0.4 is 10.1 Å². The Morgan fingerprint density at radius 1 is 1.50 bits per heavy atom. The minimum atomic E-state index is 0.626. The lowest BCUT2D eigenvalue weighted by atomic mass is 10.2. The molecule has 84 valence electrons. The molecule has 0 radical (unpaired) electrons. The number of nitrogens with zero attached hydrogens (tertiary/aromatic N) is 1. The summed E-state index contributed by atoms with van der Waals surface area (Å²) in [4.78, 5) is 4.14. The average Bonchev–Trinajstić information content (AvgIpc) is 2.79. The van der Waals surface area contributed by atoms with Crippen LogP contribution in [0.2, 0.25) is 5.02 Å². The monoisotopic (exact) mass is 254 g/mol. The van der Waals surface area contributed by atoms with Gasteiger partial charge in [-0.1, -0.05) is 17.7 Å². The molecule has 16 heavy (non-hydrogen) atoms. The van der Waals surface area contributed by atoms with Crippen molar-refractivity contribution < 1.29 is 4.74 Å². The molecule has 2 aromatic rings. The van der Waals surface area contributed by atoms with Crippen molar-refractivity contribution in [1.82, 2.24) is 4.98 Å². The van der Waals surface area contributed by atoms with Crippen LogP contribution in [0.15, 0.2) is 29.8 Å². The number of anilines is 1. The number of methoxy groups -OCH3 is 1. The lowest BCUT2D eigenvalue weighted by Crippen LogP contribution is -1.98. The minimum absolute atomic E-state index is 0.626. The third-order valence-corrected chi connectivity index (χ3v) is 3.12. The van der Waals surface area contributed by atoms with Crippen molar-refractivity contribution in [1.29, 1.82) is 0 Å². The highest BCUT2D eigenvalue weighted by atomic mass is 35.5. The Morgan fingerprint density at radius 2 is 2.38 bits per heavy atom. The summed E-state index contributed by atoms with van der Waals surface area (Å²) >= 11 is 7.60. The van der Waals surface area contributed by atoms with E-state index in [2.05, 4.69) is 10.3 Å². The number of rotatable bonds is 4. The van der Waals surface area contributed by atoms with E-state index in [9.17, 15) is 0 Å². The minimum Gasteiger partial charge on any atom is -0.495 e. The number of benzene rings is 1. The first-order valence-corrected chi connectivity index (χ1v) is 6.01. The van der Waals surface area contributed by atoms with E-state index in [-0.39, 0.29) is 0 Å². The van der Waals surface area contributed by atoms with Gasteiger partial charge in [0.05, 0.1) is 12.1 Å². The third-order valence-electron chi connectivity index (χ3n) is 2.09. The van der Waals surface area contributed by atoms with E-state index in [0.717, 1.165) is 10.7 Å². The maximum Gasteiger partial charge on any atom is 0.182 e. The number of aromatic nitrogens is 1. The number of thiazole rings is 1. The number of ether oxygens (including phenoxy) is 1. The molecule has 1 heterocycles. The van der Waals surface area contributed by atoms with Gasteiger partial charge in [0.2, 0.25) is 0 Å². The van der Waals surface area contributed by atoms with Gasteiger partial charge in [0.1, 0.15) is 5.75 Å². The Bertz CT molecular complexity index is 459. The Labute approximate surface area is 103 Å². The highest BCUT2D eigenvalue weighted by Crippen LogP contribution is 2.25. The highest BCUT2D eigenvalue weighted by molar-refractivity contribution is 7.13. The first-order valence-electron chi connectivity index (χ1n) is 4.75. The summed E-state index contributed by atoms with van der Waals surface area (Å²) in [5, 5.41) is 6.68. The third kappa shape index (κ3) is 2.65. The molecule has 0 bridgehead atoms. The maximum absolute atomic E-state index is 6.02. The van der Waals surface area contributed by atoms with E-state index in [1.54, 1.807) is 24.6 Å². The zero-order chi connectivity index (χ0) is 11.4. The van der Waals surface area contributed by atoms with Crippen LogP contribution in [0.1, 0.15) is 5.56 Å². The zero-order valence-electron chi connectivity index (χ0n) is 8.74. The number of hydrogen-bond donors (Lipinski definition) is 1. The number of nitrogens with one attached hydrogen (secondary N) is 1. The van der Waals surface area contributed by atoms with Gasteiger partial charge >= 0.3 is 0 Å². The van der Waals surface area contributed by atoms with Crippen molar-refractivity contribution in [2.24, 2.45) is 0 Å². The molecule has 0 aliphatic rings. The van der Waals surface area contributed by atoms with E-state index in [1.807, 2.05) is 23.6 Å². The summed E-state index contributed by atoms with van der Waals surface area (Å²) in [5.74, 6) is 0.694. The van der Waals surface area contributed by atoms with Crippen LogP contribution in [0.5, 0.6) is 5.75 Å². The Balaban J connectivity index is 2.02. The van der Waals surface area contributed by atoms with Gasteiger partial charge in [-0.05, 0) is 17.7 Å². The molecule has 0 aliphatic heterocycles. The highest BCUT2D eigenvalue weighted by Gasteiger charge is 2.02. The number of halogens is 1. The van der Waals surface area contributed by atoms with Crippen LogP contribution in [0.3, 0.4) is 0 Å². The molecule has 1 aromatic carbocycles. The predicted octanol–water partition coefficient (Wildman–Crippen LogP) is 3.42. The molecule has 3 nitrogen and oxygen atoms in total. The molecule has 0 saturated heterocycles. The lowest BCUT2D eigenvalue weighted by Gasteiger charge is -2.06. The summed E-state index contributed by atoms with van der Waals surface area (Å²) in [6.45, 7) is 0.706. The lowest BCUT2D eigenvalue weighted by molar-refractivity contribution is 0.415. The van der Waals surface area contributed by atoms with Gasteiger partial charge in [-0.25, -0.2) is 4.98 Å². The second kappa shape index (κ2) is 5.18. The molecule has 1 N–H and O–H groups in total. The summed E-state index contributed by atoms with van der Waals surface area (Å²) in [6.07, 6.45) is 1.77. The van der Waals surface area contributed by atoms with Crippen LogP contribution in [-0.2, 0) is 6.54 Å². The van der Waals surface area contributed by atoms with Crippen molar-refractivity contribution in [2.45, 2.75) is 6.54 Å². The molecule has 1 aromatic heterocycles. The van der Waals surface area contributed by atoms with Gasteiger partial charge in [-0.2, -0.15) is 0 Å². The Kier molecular flexibility index (Phi) is 3.64. The van der Waals surface area contributed by atoms with Crippen LogP contribution >= 0.6 is 22.9 Å². The van der Waals surface area contributed by atoms with Crippen LogP contribution in [-0.4, -0.2) is 12.1 Å². The molecule has 2 rings (SSSR count). The second-order valence-corrected chi connectivity index (χ2v) is 4.46. The standard InChI is InChI=1S/C11H11ClN2OS/c1-15-10-3-2-8(6-9(10)12)7-14-11-13-4-5-16-11/h2-6H,7H2,1H3,(H,13,14). The van der Waals surface area contributed by atoms with Crippen molar-refractivity contribution >= 4 is 28.1 Å². The second-order valence-electron chi connectivity index (χ2n) is 3.16. The normalized spacial score (nSPS) is 10.1. The van der Waals surface area contributed by atoms with E-state index in [4.69, 9.17) is 16.3 Å². The first-order chi connectivity index (χ1) is 7.79. The fourth-order valence-corrected chi connectivity index (χ4v) is 2.12. The topological polar surface area (TPSA) is 34.1 Å². The molecular formula is C11H11ClN2OS. The van der Waals surface area contributed by atoms with Crippen LogP contribution in [0, 0.1) is 0 Å². The van der Waals surface area contributed by atoms with Gasteiger partial charge in [0.25, 0.3) is 0 Å². The molecule has 0 atom stereocenters. The fourth-order valence-electron chi connectivity index (χ4n) is 1.31. The van der Waals surface area contributed by atoms with Gasteiger partial charge < -0.3 is 10.1 Å². The van der Waals surface area contributed by atoms with Crippen molar-refractivity contribution in [3.8, 4) is 5.75 Å². The van der Waals surface area contributed by atoms with Crippen molar-refractivity contribution in [3.63, 3.8) is 0 Å². The quantitative estimate of drug-likeness (QED) is 0.908. The SMILES string of the molecule is COc1ccc(CNc2nccs2)cc1Cl. The van der Waals surface area contributed by atoms with Gasteiger partial charge in [-0.15, -0.1) is 11.3 Å². The largest absolute Gasteiger partial charge is 0.495 e. The van der Waals surface area contributed by atoms with E-state index in [1.165, 1.54) is 0 Å². The van der Waals surface area contributed by atoms with Crippen LogP contribution in [0.4, 0.5) is 5.13 Å². The molecule has 0 saturated carbocycles. The molecular weight excluding hydrogens is 244 g/mol. The molecule has 0 aliphatic carbocycles. The Morgan fingerprint density at radius 3 is 3.00 bits per heavy atom. The predicted molar refractivity (Wildman–Crippen MR) is 67.4 cm³/mol. The first kappa shape index (κ1) is 11.2. The van der Waals surface area contributed by atoms with Gasteiger partial charge in [0.15, 0.2) is 5.13 Å². The van der Waals surface area contributed by atoms with Crippen LogP contribution in [0.25, 0.3) is 0 Å². The summed E-state index contributed by atoms with van der Waals surface area (Å²) < 4.78 is 5.09. The molecule has 0 amide bonds. The van der Waals surface area contributed by atoms with E-state index < -0.39 is 0 Å². The molecule has 0 spiro atoms. The summed E-state index contributed by atoms with van der Waals surface area (Å²) in [5.41, 5.74) is 1.10. The summed E-state index contributed by atoms with van der Waals surface area (Å²) in [7, 11) is 1.61. The molecule has 5 heteroatoms. The smallest absolute Gasteiger partial charge is 0.182 e. The average molecular weight is 255 g/mol. The fraction of sp³-hybridized carbons (Fsp3) is 0.182. The Hall–Kier alpha value is -1.26. The maximum atomic E-state index is 6.02. The zero-order valence-corrected chi connectivity index (χ0v) is 10.3. The van der Waals surface area contributed by atoms with E-state index >= 15 is 0 Å². The molecule has 0 fully saturated rings.